The van der Waals surface area contributed by atoms with Gasteiger partial charge in [0.2, 0.25) is 0 Å². The normalized spacial score (nSPS) is 15.3. The summed E-state index contributed by atoms with van der Waals surface area (Å²) < 4.78 is 0. The van der Waals surface area contributed by atoms with Crippen molar-refractivity contribution in [3.8, 4) is 0 Å². The minimum atomic E-state index is 0. The summed E-state index contributed by atoms with van der Waals surface area (Å²) in [6.45, 7) is 3.23. The van der Waals surface area contributed by atoms with E-state index in [-0.39, 0.29) is 24.8 Å². The number of halogens is 2. The van der Waals surface area contributed by atoms with Gasteiger partial charge in [-0.1, -0.05) is 66.3 Å². The third kappa shape index (κ3) is 4.52. The topological polar surface area (TPSA) is 16.1 Å². The maximum Gasteiger partial charge on any atom is 0.0271 e. The Morgan fingerprint density at radius 1 is 0.700 bits per heavy atom. The number of fused-ring (bicyclic) bond motifs is 2. The smallest absolute Gasteiger partial charge is 0.0271 e. The molecule has 1 aliphatic heterocycles. The number of hydrogen-bond acceptors (Lipinski definition) is 2. The Morgan fingerprint density at radius 3 is 1.80 bits per heavy atom. The van der Waals surface area contributed by atoms with E-state index in [1.54, 1.807) is 5.57 Å². The fourth-order valence-electron chi connectivity index (χ4n) is 4.42. The molecule has 0 atom stereocenters. The first-order chi connectivity index (χ1) is 13.9. The summed E-state index contributed by atoms with van der Waals surface area (Å²) in [7, 11) is 0. The average molecular weight is 437 g/mol. The second-order valence-electron chi connectivity index (χ2n) is 7.62. The number of pyridine rings is 1. The molecule has 0 spiro atoms. The van der Waals surface area contributed by atoms with E-state index in [1.807, 2.05) is 12.4 Å². The van der Waals surface area contributed by atoms with Crippen LogP contribution in [-0.4, -0.2) is 23.0 Å². The van der Waals surface area contributed by atoms with Gasteiger partial charge >= 0.3 is 0 Å². The van der Waals surface area contributed by atoms with Crippen LogP contribution in [0.15, 0.2) is 78.6 Å². The SMILES string of the molecule is C1=Cc2ccccc2C(=C2CCN(Cc3ccncc3)CC2)c2ccccc21.Cl.Cl. The molecule has 154 valence electrons. The molecule has 2 aliphatic rings. The van der Waals surface area contributed by atoms with E-state index >= 15 is 0 Å². The Balaban J connectivity index is 0.00000128. The molecule has 0 N–H and O–H groups in total. The Bertz CT molecular complexity index is 996. The van der Waals surface area contributed by atoms with E-state index in [0.29, 0.717) is 0 Å². The van der Waals surface area contributed by atoms with Gasteiger partial charge in [-0.2, -0.15) is 0 Å². The molecule has 1 saturated heterocycles. The molecule has 3 aromatic rings. The molecule has 4 heteroatoms. The molecular weight excluding hydrogens is 411 g/mol. The van der Waals surface area contributed by atoms with Crippen LogP contribution in [-0.2, 0) is 6.54 Å². The van der Waals surface area contributed by atoms with E-state index < -0.39 is 0 Å². The Hall–Kier alpha value is -2.39. The van der Waals surface area contributed by atoms with Gasteiger partial charge in [0, 0.05) is 32.0 Å². The van der Waals surface area contributed by atoms with E-state index in [1.165, 1.54) is 33.4 Å². The van der Waals surface area contributed by atoms with Crippen molar-refractivity contribution in [3.05, 3.63) is 106 Å². The van der Waals surface area contributed by atoms with Crippen molar-refractivity contribution in [3.63, 3.8) is 0 Å². The Morgan fingerprint density at radius 2 is 1.23 bits per heavy atom. The van der Waals surface area contributed by atoms with E-state index in [2.05, 4.69) is 82.7 Å². The maximum atomic E-state index is 4.13. The van der Waals surface area contributed by atoms with Crippen LogP contribution in [0.3, 0.4) is 0 Å². The zero-order valence-corrected chi connectivity index (χ0v) is 18.5. The molecule has 0 amide bonds. The third-order valence-electron chi connectivity index (χ3n) is 5.87. The zero-order valence-electron chi connectivity index (χ0n) is 16.8. The van der Waals surface area contributed by atoms with E-state index in [0.717, 1.165) is 32.5 Å². The Kier molecular flexibility index (Phi) is 7.49. The second kappa shape index (κ2) is 10.1. The van der Waals surface area contributed by atoms with Gasteiger partial charge in [-0.15, -0.1) is 24.8 Å². The lowest BCUT2D eigenvalue weighted by Gasteiger charge is -2.30. The largest absolute Gasteiger partial charge is 0.298 e. The number of benzene rings is 2. The number of rotatable bonds is 2. The first-order valence-corrected chi connectivity index (χ1v) is 10.1. The third-order valence-corrected chi connectivity index (χ3v) is 5.87. The number of piperidine rings is 1. The van der Waals surface area contributed by atoms with Crippen LogP contribution in [0.1, 0.15) is 40.7 Å². The van der Waals surface area contributed by atoms with Crippen LogP contribution in [0.2, 0.25) is 0 Å². The maximum absolute atomic E-state index is 4.13. The van der Waals surface area contributed by atoms with Crippen LogP contribution < -0.4 is 0 Å². The highest BCUT2D eigenvalue weighted by Gasteiger charge is 2.22. The van der Waals surface area contributed by atoms with Gasteiger partial charge in [-0.05, 0) is 58.4 Å². The quantitative estimate of drug-likeness (QED) is 0.356. The number of hydrogen-bond donors (Lipinski definition) is 0. The standard InChI is InChI=1S/C26H24N2.2ClH/c1-3-7-24-21(5-1)9-10-22-6-2-4-8-25(22)26(24)23-13-17-28(18-14-23)19-20-11-15-27-16-12-20;;/h1-12,15-16H,13-14,17-19H2;2*1H. The average Bonchev–Trinajstić information content (AvgIpc) is 2.92. The lowest BCUT2D eigenvalue weighted by molar-refractivity contribution is 0.248. The molecule has 0 unspecified atom stereocenters. The highest BCUT2D eigenvalue weighted by molar-refractivity contribution is 5.94. The number of aromatic nitrogens is 1. The van der Waals surface area contributed by atoms with Crippen LogP contribution in [0.25, 0.3) is 17.7 Å². The van der Waals surface area contributed by atoms with Crippen LogP contribution in [0.4, 0.5) is 0 Å². The summed E-state index contributed by atoms with van der Waals surface area (Å²) >= 11 is 0. The molecule has 1 aliphatic carbocycles. The van der Waals surface area contributed by atoms with Crippen molar-refractivity contribution in [1.29, 1.82) is 0 Å². The first-order valence-electron chi connectivity index (χ1n) is 10.1. The van der Waals surface area contributed by atoms with Crippen molar-refractivity contribution < 1.29 is 0 Å². The summed E-state index contributed by atoms with van der Waals surface area (Å²) in [5.74, 6) is 0. The van der Waals surface area contributed by atoms with Gasteiger partial charge in [0.15, 0.2) is 0 Å². The monoisotopic (exact) mass is 436 g/mol. The van der Waals surface area contributed by atoms with Crippen LogP contribution >= 0.6 is 24.8 Å². The van der Waals surface area contributed by atoms with E-state index in [4.69, 9.17) is 0 Å². The van der Waals surface area contributed by atoms with Gasteiger partial charge in [0.1, 0.15) is 0 Å². The molecular formula is C26H26Cl2N2. The van der Waals surface area contributed by atoms with Crippen molar-refractivity contribution in [2.45, 2.75) is 19.4 Å². The van der Waals surface area contributed by atoms with Gasteiger partial charge in [-0.25, -0.2) is 0 Å². The fraction of sp³-hybridized carbons (Fsp3) is 0.192. The molecule has 30 heavy (non-hydrogen) atoms. The molecule has 0 radical (unpaired) electrons. The molecule has 2 nitrogen and oxygen atoms in total. The summed E-state index contributed by atoms with van der Waals surface area (Å²) in [6, 6.07) is 21.9. The lowest BCUT2D eigenvalue weighted by atomic mass is 9.86. The predicted molar refractivity (Wildman–Crippen MR) is 131 cm³/mol. The molecule has 2 heterocycles. The lowest BCUT2D eigenvalue weighted by Crippen LogP contribution is -2.30. The molecule has 1 aromatic heterocycles. The molecule has 2 aromatic carbocycles. The second-order valence-corrected chi connectivity index (χ2v) is 7.62. The van der Waals surface area contributed by atoms with Gasteiger partial charge in [-0.3, -0.25) is 9.88 Å². The summed E-state index contributed by atoms with van der Waals surface area (Å²) in [5, 5.41) is 0. The van der Waals surface area contributed by atoms with Crippen molar-refractivity contribution in [1.82, 2.24) is 9.88 Å². The summed E-state index contributed by atoms with van der Waals surface area (Å²) in [5.41, 5.74) is 9.79. The minimum Gasteiger partial charge on any atom is -0.298 e. The molecule has 1 fully saturated rings. The molecule has 0 saturated carbocycles. The molecule has 0 bridgehead atoms. The van der Waals surface area contributed by atoms with Crippen molar-refractivity contribution >= 4 is 42.5 Å². The van der Waals surface area contributed by atoms with Gasteiger partial charge in [0.05, 0.1) is 0 Å². The van der Waals surface area contributed by atoms with E-state index in [9.17, 15) is 0 Å². The predicted octanol–water partition coefficient (Wildman–Crippen LogP) is 6.51. The Labute approximate surface area is 191 Å². The van der Waals surface area contributed by atoms with Crippen molar-refractivity contribution in [2.24, 2.45) is 0 Å². The highest BCUT2D eigenvalue weighted by Crippen LogP contribution is 2.38. The summed E-state index contributed by atoms with van der Waals surface area (Å²) in [6.07, 6.45) is 10.6. The number of likely N-dealkylation sites (tertiary alicyclic amines) is 1. The van der Waals surface area contributed by atoms with Crippen LogP contribution in [0.5, 0.6) is 0 Å². The molecule has 5 rings (SSSR count). The highest BCUT2D eigenvalue weighted by atomic mass is 35.5. The number of nitrogens with zero attached hydrogens (tertiary/aromatic N) is 2. The summed E-state index contributed by atoms with van der Waals surface area (Å²) in [4.78, 5) is 6.69. The van der Waals surface area contributed by atoms with Gasteiger partial charge < -0.3 is 0 Å². The minimum absolute atomic E-state index is 0. The first kappa shape index (κ1) is 22.3. The zero-order chi connectivity index (χ0) is 18.8. The van der Waals surface area contributed by atoms with Gasteiger partial charge in [0.25, 0.3) is 0 Å². The van der Waals surface area contributed by atoms with Crippen LogP contribution in [0, 0.1) is 0 Å². The fourth-order valence-corrected chi connectivity index (χ4v) is 4.42. The van der Waals surface area contributed by atoms with Crippen molar-refractivity contribution in [2.75, 3.05) is 13.1 Å².